The summed E-state index contributed by atoms with van der Waals surface area (Å²) >= 11 is 0. The molecule has 0 aliphatic carbocycles. The molecule has 0 unspecified atom stereocenters. The minimum absolute atomic E-state index is 0.314. The highest BCUT2D eigenvalue weighted by Gasteiger charge is 2.08. The lowest BCUT2D eigenvalue weighted by Crippen LogP contribution is -2.08. The van der Waals surface area contributed by atoms with Crippen LogP contribution in [0.25, 0.3) is 0 Å². The van der Waals surface area contributed by atoms with Crippen LogP contribution in [0.15, 0.2) is 6.20 Å². The molecule has 0 saturated heterocycles. The van der Waals surface area contributed by atoms with Gasteiger partial charge in [0.2, 0.25) is 5.95 Å². The smallest absolute Gasteiger partial charge is 0.223 e. The van der Waals surface area contributed by atoms with Crippen LogP contribution in [-0.2, 0) is 6.42 Å². The van der Waals surface area contributed by atoms with Gasteiger partial charge in [-0.15, -0.1) is 0 Å². The predicted octanol–water partition coefficient (Wildman–Crippen LogP) is 2.64. The molecule has 0 aromatic carbocycles. The highest BCUT2D eigenvalue weighted by Crippen LogP contribution is 2.11. The highest BCUT2D eigenvalue weighted by atomic mass is 19.1. The standard InChI is InChI=1S/C11H18FN3/c1-4-5-13-11-14-7-9(12)10(15-11)6-8(2)3/h7-8H,4-6H2,1-3H3,(H,13,14,15). The van der Waals surface area contributed by atoms with E-state index >= 15 is 0 Å². The van der Waals surface area contributed by atoms with Crippen LogP contribution in [0.2, 0.25) is 0 Å². The van der Waals surface area contributed by atoms with Crippen molar-refractivity contribution in [3.8, 4) is 0 Å². The second-order valence-corrected chi connectivity index (χ2v) is 4.01. The van der Waals surface area contributed by atoms with Crippen molar-refractivity contribution in [2.45, 2.75) is 33.6 Å². The second kappa shape index (κ2) is 5.63. The molecule has 0 fully saturated rings. The van der Waals surface area contributed by atoms with Gasteiger partial charge in [-0.2, -0.15) is 0 Å². The molecule has 1 heterocycles. The molecular formula is C11H18FN3. The quantitative estimate of drug-likeness (QED) is 0.813. The van der Waals surface area contributed by atoms with Crippen LogP contribution >= 0.6 is 0 Å². The lowest BCUT2D eigenvalue weighted by molar-refractivity contribution is 0.554. The van der Waals surface area contributed by atoms with Crippen molar-refractivity contribution in [1.82, 2.24) is 9.97 Å². The van der Waals surface area contributed by atoms with E-state index < -0.39 is 0 Å². The number of halogens is 1. The third kappa shape index (κ3) is 3.81. The maximum absolute atomic E-state index is 13.3. The summed E-state index contributed by atoms with van der Waals surface area (Å²) in [6, 6.07) is 0. The Kier molecular flexibility index (Phi) is 4.46. The molecule has 0 amide bonds. The van der Waals surface area contributed by atoms with Gasteiger partial charge in [0.05, 0.1) is 11.9 Å². The van der Waals surface area contributed by atoms with E-state index in [4.69, 9.17) is 0 Å². The Morgan fingerprint density at radius 2 is 2.20 bits per heavy atom. The van der Waals surface area contributed by atoms with Crippen LogP contribution in [0.5, 0.6) is 0 Å². The van der Waals surface area contributed by atoms with E-state index in [9.17, 15) is 4.39 Å². The van der Waals surface area contributed by atoms with Gasteiger partial charge in [-0.3, -0.25) is 0 Å². The third-order valence-electron chi connectivity index (χ3n) is 1.95. The first-order valence-electron chi connectivity index (χ1n) is 5.38. The molecule has 1 aromatic heterocycles. The molecule has 15 heavy (non-hydrogen) atoms. The van der Waals surface area contributed by atoms with Crippen molar-refractivity contribution in [2.24, 2.45) is 5.92 Å². The van der Waals surface area contributed by atoms with Gasteiger partial charge in [-0.25, -0.2) is 14.4 Å². The maximum atomic E-state index is 13.3. The maximum Gasteiger partial charge on any atom is 0.223 e. The molecule has 0 spiro atoms. The number of hydrogen-bond acceptors (Lipinski definition) is 3. The monoisotopic (exact) mass is 211 g/mol. The summed E-state index contributed by atoms with van der Waals surface area (Å²) in [5.41, 5.74) is 0.499. The van der Waals surface area contributed by atoms with Crippen LogP contribution in [-0.4, -0.2) is 16.5 Å². The second-order valence-electron chi connectivity index (χ2n) is 4.01. The number of nitrogens with one attached hydrogen (secondary N) is 1. The molecule has 1 N–H and O–H groups in total. The topological polar surface area (TPSA) is 37.8 Å². The summed E-state index contributed by atoms with van der Waals surface area (Å²) < 4.78 is 13.3. The van der Waals surface area contributed by atoms with E-state index in [0.29, 0.717) is 24.0 Å². The summed E-state index contributed by atoms with van der Waals surface area (Å²) in [6.07, 6.45) is 2.89. The van der Waals surface area contributed by atoms with Crippen LogP contribution in [0.1, 0.15) is 32.9 Å². The average molecular weight is 211 g/mol. The molecule has 84 valence electrons. The van der Waals surface area contributed by atoms with Gasteiger partial charge >= 0.3 is 0 Å². The van der Waals surface area contributed by atoms with Crippen LogP contribution < -0.4 is 5.32 Å². The van der Waals surface area contributed by atoms with Gasteiger partial charge in [0, 0.05) is 6.54 Å². The minimum Gasteiger partial charge on any atom is -0.354 e. The highest BCUT2D eigenvalue weighted by molar-refractivity contribution is 5.25. The average Bonchev–Trinajstić information content (AvgIpc) is 2.18. The van der Waals surface area contributed by atoms with Crippen molar-refractivity contribution >= 4 is 5.95 Å². The Balaban J connectivity index is 2.75. The molecular weight excluding hydrogens is 193 g/mol. The molecule has 0 bridgehead atoms. The summed E-state index contributed by atoms with van der Waals surface area (Å²) in [5, 5.41) is 3.05. The summed E-state index contributed by atoms with van der Waals surface area (Å²) in [6.45, 7) is 6.96. The minimum atomic E-state index is -0.314. The molecule has 1 rings (SSSR count). The van der Waals surface area contributed by atoms with Gasteiger partial charge in [0.15, 0.2) is 5.82 Å². The van der Waals surface area contributed by atoms with Crippen molar-refractivity contribution in [3.05, 3.63) is 17.7 Å². The molecule has 3 nitrogen and oxygen atoms in total. The van der Waals surface area contributed by atoms with E-state index in [0.717, 1.165) is 13.0 Å². The van der Waals surface area contributed by atoms with Crippen LogP contribution in [0, 0.1) is 11.7 Å². The van der Waals surface area contributed by atoms with E-state index in [2.05, 4.69) is 22.2 Å². The third-order valence-corrected chi connectivity index (χ3v) is 1.95. The number of aromatic nitrogens is 2. The normalized spacial score (nSPS) is 10.7. The molecule has 0 aliphatic heterocycles. The van der Waals surface area contributed by atoms with Gasteiger partial charge in [0.25, 0.3) is 0 Å². The molecule has 0 aliphatic rings. The molecule has 0 saturated carbocycles. The van der Waals surface area contributed by atoms with Crippen molar-refractivity contribution < 1.29 is 4.39 Å². The van der Waals surface area contributed by atoms with Crippen LogP contribution in [0.3, 0.4) is 0 Å². The van der Waals surface area contributed by atoms with Gasteiger partial charge < -0.3 is 5.32 Å². The zero-order chi connectivity index (χ0) is 11.3. The zero-order valence-corrected chi connectivity index (χ0v) is 9.55. The molecule has 0 radical (unpaired) electrons. The molecule has 1 aromatic rings. The fourth-order valence-electron chi connectivity index (χ4n) is 1.25. The fraction of sp³-hybridized carbons (Fsp3) is 0.636. The Bertz CT molecular complexity index is 313. The number of hydrogen-bond donors (Lipinski definition) is 1. The Hall–Kier alpha value is -1.19. The zero-order valence-electron chi connectivity index (χ0n) is 9.55. The lowest BCUT2D eigenvalue weighted by atomic mass is 10.1. The summed E-state index contributed by atoms with van der Waals surface area (Å²) in [4.78, 5) is 8.04. The molecule has 4 heteroatoms. The first kappa shape index (κ1) is 11.9. The fourth-order valence-corrected chi connectivity index (χ4v) is 1.25. The predicted molar refractivity (Wildman–Crippen MR) is 59.3 cm³/mol. The van der Waals surface area contributed by atoms with Gasteiger partial charge in [-0.05, 0) is 18.8 Å². The lowest BCUT2D eigenvalue weighted by Gasteiger charge is -2.08. The van der Waals surface area contributed by atoms with Crippen molar-refractivity contribution in [2.75, 3.05) is 11.9 Å². The number of anilines is 1. The summed E-state index contributed by atoms with van der Waals surface area (Å²) in [7, 11) is 0. The van der Waals surface area contributed by atoms with E-state index in [1.165, 1.54) is 6.20 Å². The van der Waals surface area contributed by atoms with Crippen molar-refractivity contribution in [1.29, 1.82) is 0 Å². The van der Waals surface area contributed by atoms with E-state index in [1.807, 2.05) is 13.8 Å². The van der Waals surface area contributed by atoms with E-state index in [-0.39, 0.29) is 5.82 Å². The Morgan fingerprint density at radius 1 is 1.47 bits per heavy atom. The number of nitrogens with zero attached hydrogens (tertiary/aromatic N) is 2. The van der Waals surface area contributed by atoms with E-state index in [1.54, 1.807) is 0 Å². The number of rotatable bonds is 5. The first-order chi connectivity index (χ1) is 7.13. The van der Waals surface area contributed by atoms with Crippen molar-refractivity contribution in [3.63, 3.8) is 0 Å². The van der Waals surface area contributed by atoms with Gasteiger partial charge in [-0.1, -0.05) is 20.8 Å². The Labute approximate surface area is 90.1 Å². The Morgan fingerprint density at radius 3 is 2.80 bits per heavy atom. The first-order valence-corrected chi connectivity index (χ1v) is 5.38. The molecule has 0 atom stereocenters. The van der Waals surface area contributed by atoms with Crippen LogP contribution in [0.4, 0.5) is 10.3 Å². The SMILES string of the molecule is CCCNc1ncc(F)c(CC(C)C)n1. The summed E-state index contributed by atoms with van der Waals surface area (Å²) in [5.74, 6) is 0.605. The largest absolute Gasteiger partial charge is 0.354 e. The van der Waals surface area contributed by atoms with Gasteiger partial charge in [0.1, 0.15) is 0 Å².